The number of carboxylic acid groups (broad SMARTS) is 2. The van der Waals surface area contributed by atoms with Crippen molar-refractivity contribution in [2.75, 3.05) is 0 Å². The first kappa shape index (κ1) is 38.2. The van der Waals surface area contributed by atoms with Gasteiger partial charge in [-0.1, -0.05) is 49.3 Å². The number of hydrogen-bond acceptors (Lipinski definition) is 8. The Balaban J connectivity index is 0.00000264. The van der Waals surface area contributed by atoms with E-state index in [0.29, 0.717) is 36.8 Å². The van der Waals surface area contributed by atoms with Gasteiger partial charge in [-0.3, -0.25) is 0 Å². The van der Waals surface area contributed by atoms with Gasteiger partial charge in [-0.05, 0) is 94.5 Å². The number of carbonyl (C=O) groups excluding carboxylic acids is 2. The van der Waals surface area contributed by atoms with Crippen molar-refractivity contribution in [3.05, 3.63) is 47.6 Å². The Bertz CT molecular complexity index is 1160. The van der Waals surface area contributed by atoms with Crippen LogP contribution in [0.1, 0.15) is 79.1 Å². The van der Waals surface area contributed by atoms with Crippen LogP contribution in [-0.2, 0) is 9.59 Å². The first-order valence-corrected chi connectivity index (χ1v) is 16.1. The van der Waals surface area contributed by atoms with Crippen LogP contribution in [-0.4, -0.2) is 60.3 Å². The van der Waals surface area contributed by atoms with Gasteiger partial charge in [-0.25, -0.2) is 0 Å². The van der Waals surface area contributed by atoms with Crippen LogP contribution in [0.2, 0.25) is 0 Å². The molecule has 0 saturated carbocycles. The summed E-state index contributed by atoms with van der Waals surface area (Å²) in [5, 5.41) is 38.8. The maximum Gasteiger partial charge on any atom is 1.00 e. The van der Waals surface area contributed by atoms with E-state index in [4.69, 9.17) is 0 Å². The summed E-state index contributed by atoms with van der Waals surface area (Å²) in [7, 11) is 0. The van der Waals surface area contributed by atoms with Crippen molar-refractivity contribution in [3.63, 3.8) is 0 Å². The van der Waals surface area contributed by atoms with Crippen molar-refractivity contribution in [3.8, 4) is 0 Å². The minimum Gasteiger partial charge on any atom is -0.550 e. The zero-order valence-electron chi connectivity index (χ0n) is 27.8. The number of aliphatic carboxylic acids is 2. The van der Waals surface area contributed by atoms with E-state index in [1.807, 2.05) is 6.08 Å². The van der Waals surface area contributed by atoms with Crippen molar-refractivity contribution in [1.29, 1.82) is 0 Å². The summed E-state index contributed by atoms with van der Waals surface area (Å²) in [6, 6.07) is 1.60. The van der Waals surface area contributed by atoms with Gasteiger partial charge >= 0.3 is 59.1 Å². The van der Waals surface area contributed by atoms with Crippen molar-refractivity contribution < 1.29 is 78.9 Å². The van der Waals surface area contributed by atoms with Gasteiger partial charge in [0.15, 0.2) is 0 Å². The Morgan fingerprint density at radius 1 is 0.750 bits per heavy atom. The second kappa shape index (κ2) is 16.2. The third kappa shape index (κ3) is 7.88. The molecule has 8 nitrogen and oxygen atoms in total. The van der Waals surface area contributed by atoms with Crippen LogP contribution in [0.5, 0.6) is 0 Å². The predicted octanol–water partition coefficient (Wildman–Crippen LogP) is -4.50. The fourth-order valence-corrected chi connectivity index (χ4v) is 9.27. The SMILES string of the molecule is C=CC1=C(C)C2CC3NC(CC4NC(CC5NC(CC1N2)C(C)C5CCC(=O)[O-])C(CCC(=O)[O-])=C4C)C(C)C3C=C.[Na+].[Na+]. The third-order valence-electron chi connectivity index (χ3n) is 11.7. The van der Waals surface area contributed by atoms with E-state index in [-0.39, 0.29) is 120 Å². The number of carbonyl (C=O) groups is 2. The van der Waals surface area contributed by atoms with Crippen molar-refractivity contribution >= 4 is 11.9 Å². The van der Waals surface area contributed by atoms with Gasteiger partial charge < -0.3 is 41.1 Å². The summed E-state index contributed by atoms with van der Waals surface area (Å²) in [5.41, 5.74) is 5.09. The summed E-state index contributed by atoms with van der Waals surface area (Å²) in [4.78, 5) is 23.0. The molecule has 3 saturated heterocycles. The third-order valence-corrected chi connectivity index (χ3v) is 11.7. The Hall–Kier alpha value is -0.260. The van der Waals surface area contributed by atoms with E-state index in [1.165, 1.54) is 22.3 Å². The van der Waals surface area contributed by atoms with Crippen LogP contribution in [0.3, 0.4) is 0 Å². The zero-order valence-corrected chi connectivity index (χ0v) is 31.8. The maximum absolute atomic E-state index is 11.5. The van der Waals surface area contributed by atoms with Gasteiger partial charge in [-0.15, -0.1) is 6.58 Å². The second-order valence-electron chi connectivity index (χ2n) is 13.8. The Morgan fingerprint density at radius 3 is 1.93 bits per heavy atom. The average Bonchev–Trinajstić information content (AvgIpc) is 3.59. The summed E-state index contributed by atoms with van der Waals surface area (Å²) in [6.45, 7) is 17.4. The van der Waals surface area contributed by atoms with E-state index in [0.717, 1.165) is 25.7 Å². The van der Waals surface area contributed by atoms with Crippen LogP contribution in [0.4, 0.5) is 0 Å². The number of hydrogen-bond donors (Lipinski definition) is 4. The van der Waals surface area contributed by atoms with Crippen LogP contribution in [0, 0.1) is 23.7 Å². The summed E-state index contributed by atoms with van der Waals surface area (Å²) >= 11 is 0. The van der Waals surface area contributed by atoms with Gasteiger partial charge in [0.25, 0.3) is 0 Å². The van der Waals surface area contributed by atoms with Crippen molar-refractivity contribution in [1.82, 2.24) is 21.3 Å². The standard InChI is InChI=1S/C34H52N4O4.2Na/c1-7-21-17(3)25-13-26-19(5)23(9-11-33(39)40)31(37-26)16-32-24(10-12-34(41)42)20(6)28(38-32)15-30-22(8-2)18(4)27(36-30)14-29(21)35-25;;/h7-8,17,20-21,24-32,35-38H,1-2,9-16H2,3-6H3,(H,39,40)(H,41,42);;/q;2*+1/p-2. The molecule has 4 N–H and O–H groups in total. The monoisotopic (exact) mass is 624 g/mol. The average molecular weight is 625 g/mol. The molecular formula is C34H50N4Na2O4. The minimum absolute atomic E-state index is 0. The predicted molar refractivity (Wildman–Crippen MR) is 161 cm³/mol. The number of fused-ring (bicyclic) bond motifs is 8. The molecule has 0 radical (unpaired) electrons. The van der Waals surface area contributed by atoms with Gasteiger partial charge in [0.2, 0.25) is 0 Å². The molecule has 12 atom stereocenters. The molecule has 0 aromatic heterocycles. The molecule has 5 rings (SSSR count). The normalized spacial score (nSPS) is 39.9. The number of carboxylic acids is 2. The van der Waals surface area contributed by atoms with E-state index >= 15 is 0 Å². The topological polar surface area (TPSA) is 128 Å². The van der Waals surface area contributed by atoms with Crippen LogP contribution >= 0.6 is 0 Å². The molecule has 44 heavy (non-hydrogen) atoms. The molecule has 5 aliphatic heterocycles. The summed E-state index contributed by atoms with van der Waals surface area (Å²) in [5.74, 6) is -0.761. The van der Waals surface area contributed by atoms with Gasteiger partial charge in [0.05, 0.1) is 0 Å². The Kier molecular flexibility index (Phi) is 14.1. The smallest absolute Gasteiger partial charge is 0.550 e. The first-order valence-electron chi connectivity index (χ1n) is 16.1. The Morgan fingerprint density at radius 2 is 1.30 bits per heavy atom. The largest absolute Gasteiger partial charge is 1.00 e. The quantitative estimate of drug-likeness (QED) is 0.157. The molecule has 5 heterocycles. The van der Waals surface area contributed by atoms with E-state index in [2.05, 4.69) is 68.2 Å². The van der Waals surface area contributed by atoms with Crippen molar-refractivity contribution in [2.45, 2.75) is 127 Å². The number of rotatable bonds is 8. The van der Waals surface area contributed by atoms with Gasteiger partial charge in [0.1, 0.15) is 0 Å². The molecule has 12 unspecified atom stereocenters. The molecule has 232 valence electrons. The molecule has 0 amide bonds. The van der Waals surface area contributed by atoms with Crippen molar-refractivity contribution in [2.24, 2.45) is 23.7 Å². The van der Waals surface area contributed by atoms with Gasteiger partial charge in [-0.2, -0.15) is 0 Å². The van der Waals surface area contributed by atoms with E-state index < -0.39 is 11.9 Å². The van der Waals surface area contributed by atoms with Gasteiger partial charge in [0, 0.05) is 60.3 Å². The van der Waals surface area contributed by atoms with Crippen LogP contribution < -0.4 is 90.6 Å². The van der Waals surface area contributed by atoms with Crippen LogP contribution in [0.15, 0.2) is 47.6 Å². The molecule has 0 aromatic rings. The second-order valence-corrected chi connectivity index (χ2v) is 13.8. The Labute approximate surface area is 308 Å². The fraction of sp³-hybridized carbons (Fsp3) is 0.706. The molecule has 3 fully saturated rings. The molecule has 0 aliphatic carbocycles. The number of nitrogens with one attached hydrogen (secondary N) is 4. The minimum atomic E-state index is -1.03. The molecular weight excluding hydrogens is 574 g/mol. The zero-order chi connectivity index (χ0) is 30.3. The first-order chi connectivity index (χ1) is 20.0. The molecule has 0 spiro atoms. The summed E-state index contributed by atoms with van der Waals surface area (Å²) < 4.78 is 0. The van der Waals surface area contributed by atoms with E-state index in [9.17, 15) is 19.8 Å². The molecule has 10 heteroatoms. The molecule has 0 aromatic carbocycles. The van der Waals surface area contributed by atoms with E-state index in [1.54, 1.807) is 0 Å². The van der Waals surface area contributed by atoms with Crippen LogP contribution in [0.25, 0.3) is 0 Å². The molecule has 5 aliphatic rings. The maximum atomic E-state index is 11.5. The fourth-order valence-electron chi connectivity index (χ4n) is 9.27. The molecule has 8 bridgehead atoms. The summed E-state index contributed by atoms with van der Waals surface area (Å²) in [6.07, 6.45) is 8.86.